The second-order valence-corrected chi connectivity index (χ2v) is 4.80. The molecule has 0 saturated heterocycles. The van der Waals surface area contributed by atoms with Crippen molar-refractivity contribution in [3.63, 3.8) is 0 Å². The molecule has 0 unspecified atom stereocenters. The van der Waals surface area contributed by atoms with Crippen LogP contribution in [0.25, 0.3) is 0 Å². The van der Waals surface area contributed by atoms with Crippen LogP contribution in [-0.4, -0.2) is 18.3 Å². The summed E-state index contributed by atoms with van der Waals surface area (Å²) in [5, 5.41) is 7.93. The Bertz CT molecular complexity index is 88.8. The predicted molar refractivity (Wildman–Crippen MR) is 31.0 cm³/mol. The van der Waals surface area contributed by atoms with Crippen molar-refractivity contribution in [2.45, 2.75) is 0 Å². The number of rotatable bonds is 1. The molecule has 0 radical (unpaired) electrons. The second-order valence-electron chi connectivity index (χ2n) is 1.71. The van der Waals surface area contributed by atoms with Crippen molar-refractivity contribution in [1.29, 1.82) is 5.26 Å². The van der Waals surface area contributed by atoms with E-state index in [1.165, 1.54) is 12.5 Å². The van der Waals surface area contributed by atoms with E-state index in [9.17, 15) is 3.89 Å². The molecule has 42 valence electrons. The summed E-state index contributed by atoms with van der Waals surface area (Å²) in [5.74, 6) is 0.0625. The summed E-state index contributed by atoms with van der Waals surface area (Å²) >= 11 is 0. The van der Waals surface area contributed by atoms with Crippen LogP contribution in [0.5, 0.6) is 0 Å². The molecule has 0 aromatic rings. The van der Waals surface area contributed by atoms with E-state index in [2.05, 4.69) is 0 Å². The Morgan fingerprint density at radius 2 is 2.14 bits per heavy atom. The van der Waals surface area contributed by atoms with Gasteiger partial charge in [0.25, 0.3) is 0 Å². The van der Waals surface area contributed by atoms with Crippen LogP contribution >= 0.6 is 10.4 Å². The highest BCUT2D eigenvalue weighted by Crippen LogP contribution is 2.39. The molecule has 0 aromatic carbocycles. The van der Waals surface area contributed by atoms with Gasteiger partial charge in [0.2, 0.25) is 0 Å². The van der Waals surface area contributed by atoms with Crippen molar-refractivity contribution >= 4 is 10.4 Å². The van der Waals surface area contributed by atoms with E-state index in [4.69, 9.17) is 5.26 Å². The van der Waals surface area contributed by atoms with Crippen LogP contribution in [0.15, 0.2) is 0 Å². The van der Waals surface area contributed by atoms with Crippen LogP contribution in [0.3, 0.4) is 0 Å². The summed E-state index contributed by atoms with van der Waals surface area (Å²) < 4.78 is 12.3. The Balaban J connectivity index is 3.40. The van der Waals surface area contributed by atoms with Crippen molar-refractivity contribution in [1.82, 2.24) is 0 Å². The highest BCUT2D eigenvalue weighted by Gasteiger charge is 2.05. The van der Waals surface area contributed by atoms with E-state index in [1.807, 2.05) is 0 Å². The largest absolute Gasteiger partial charge is 0.197 e. The highest BCUT2D eigenvalue weighted by molar-refractivity contribution is 8.28. The topological polar surface area (TPSA) is 23.8 Å². The first kappa shape index (κ1) is 6.77. The normalized spacial score (nSPS) is 12.9. The van der Waals surface area contributed by atoms with Gasteiger partial charge in [-0.3, -0.25) is 0 Å². The molecule has 0 aliphatic carbocycles. The molecule has 0 aliphatic rings. The zero-order chi connectivity index (χ0) is 5.91. The zero-order valence-corrected chi connectivity index (χ0v) is 5.26. The first-order valence-electron chi connectivity index (χ1n) is 1.84. The highest BCUT2D eigenvalue weighted by atomic mass is 32.3. The number of hydrogen-bond acceptors (Lipinski definition) is 1. The van der Waals surface area contributed by atoms with Gasteiger partial charge in [0.05, 0.1) is 11.8 Å². The third kappa shape index (κ3) is 5.77. The van der Waals surface area contributed by atoms with Gasteiger partial charge in [-0.05, 0) is 12.5 Å². The van der Waals surface area contributed by atoms with E-state index in [1.54, 1.807) is 6.07 Å². The van der Waals surface area contributed by atoms with Gasteiger partial charge in [0.1, 0.15) is 0 Å². The minimum absolute atomic E-state index is 0.0625. The Morgan fingerprint density at radius 1 is 1.71 bits per heavy atom. The van der Waals surface area contributed by atoms with Gasteiger partial charge in [0, 0.05) is 0 Å². The second kappa shape index (κ2) is 2.17. The van der Waals surface area contributed by atoms with Crippen LogP contribution in [-0.2, 0) is 0 Å². The molecule has 0 fully saturated rings. The maximum absolute atomic E-state index is 12.3. The van der Waals surface area contributed by atoms with E-state index in [-0.39, 0.29) is 5.75 Å². The number of nitrogens with zero attached hydrogens (tertiary/aromatic N) is 1. The van der Waals surface area contributed by atoms with Gasteiger partial charge < -0.3 is 0 Å². The number of halogens is 1. The van der Waals surface area contributed by atoms with Crippen LogP contribution in [0.1, 0.15) is 0 Å². The fraction of sp³-hybridized carbons (Fsp3) is 0.750. The molecular formula is C4H8FNS. The third-order valence-electron chi connectivity index (χ3n) is 0.408. The molecule has 3 heteroatoms. The Kier molecular flexibility index (Phi) is 2.10. The fourth-order valence-corrected chi connectivity index (χ4v) is 0.460. The van der Waals surface area contributed by atoms with Gasteiger partial charge in [-0.2, -0.15) is 9.15 Å². The van der Waals surface area contributed by atoms with E-state index >= 15 is 0 Å². The lowest BCUT2D eigenvalue weighted by atomic mass is 10.9. The lowest BCUT2D eigenvalue weighted by molar-refractivity contribution is 0.905. The molecule has 0 amide bonds. The van der Waals surface area contributed by atoms with E-state index in [0.29, 0.717) is 0 Å². The minimum Gasteiger partial charge on any atom is -0.197 e. The molecule has 7 heavy (non-hydrogen) atoms. The van der Waals surface area contributed by atoms with E-state index < -0.39 is 10.4 Å². The van der Waals surface area contributed by atoms with Crippen LogP contribution in [0, 0.1) is 11.3 Å². The number of nitriles is 1. The van der Waals surface area contributed by atoms with E-state index in [0.717, 1.165) is 0 Å². The lowest BCUT2D eigenvalue weighted by Gasteiger charge is -2.12. The Labute approximate surface area is 44.7 Å². The van der Waals surface area contributed by atoms with Gasteiger partial charge in [0.15, 0.2) is 0 Å². The lowest BCUT2D eigenvalue weighted by Crippen LogP contribution is -1.88. The van der Waals surface area contributed by atoms with Gasteiger partial charge in [-0.1, -0.05) is 10.4 Å². The maximum Gasteiger partial charge on any atom is 0.0904 e. The average Bonchev–Trinajstić information content (AvgIpc) is 1.30. The smallest absolute Gasteiger partial charge is 0.0904 e. The van der Waals surface area contributed by atoms with Crippen LogP contribution < -0.4 is 0 Å². The summed E-state index contributed by atoms with van der Waals surface area (Å²) in [6.07, 6.45) is 2.94. The first-order valence-corrected chi connectivity index (χ1v) is 4.36. The van der Waals surface area contributed by atoms with Crippen molar-refractivity contribution < 1.29 is 3.89 Å². The van der Waals surface area contributed by atoms with Crippen molar-refractivity contribution in [3.8, 4) is 6.07 Å². The molecule has 0 aliphatic heterocycles. The van der Waals surface area contributed by atoms with Crippen molar-refractivity contribution in [2.75, 3.05) is 18.3 Å². The summed E-state index contributed by atoms with van der Waals surface area (Å²) in [6.45, 7) is 0. The fourth-order valence-electron chi connectivity index (χ4n) is 0.153. The van der Waals surface area contributed by atoms with Crippen molar-refractivity contribution in [2.24, 2.45) is 0 Å². The summed E-state index contributed by atoms with van der Waals surface area (Å²) in [5.41, 5.74) is 0. The predicted octanol–water partition coefficient (Wildman–Crippen LogP) is 1.46. The minimum atomic E-state index is -2.04. The molecule has 0 bridgehead atoms. The third-order valence-corrected chi connectivity index (χ3v) is 1.22. The molecular weight excluding hydrogens is 113 g/mol. The van der Waals surface area contributed by atoms with Crippen LogP contribution in [0.4, 0.5) is 3.89 Å². The van der Waals surface area contributed by atoms with Gasteiger partial charge >= 0.3 is 0 Å². The van der Waals surface area contributed by atoms with Gasteiger partial charge in [-0.15, -0.1) is 0 Å². The molecule has 0 spiro atoms. The summed E-state index contributed by atoms with van der Waals surface area (Å²) in [6, 6.07) is 1.77. The molecule has 0 heterocycles. The van der Waals surface area contributed by atoms with Crippen LogP contribution in [0.2, 0.25) is 0 Å². The molecule has 0 saturated carbocycles. The quantitative estimate of drug-likeness (QED) is 0.515. The summed E-state index contributed by atoms with van der Waals surface area (Å²) in [7, 11) is -2.04. The monoisotopic (exact) mass is 121 g/mol. The average molecular weight is 121 g/mol. The number of hydrogen-bond donors (Lipinski definition) is 0. The molecule has 0 rings (SSSR count). The standard InChI is InChI=1S/C4H8FNS/c1-7(2,5)4-3-6/h4H2,1-2H3. The first-order chi connectivity index (χ1) is 3.06. The van der Waals surface area contributed by atoms with Gasteiger partial charge in [-0.25, -0.2) is 0 Å². The molecule has 0 N–H and O–H groups in total. The molecule has 0 atom stereocenters. The maximum atomic E-state index is 12.3. The Hall–Kier alpha value is -0.230. The van der Waals surface area contributed by atoms with Crippen molar-refractivity contribution in [3.05, 3.63) is 0 Å². The SMILES string of the molecule is CS(C)(F)CC#N. The molecule has 0 aromatic heterocycles. The Morgan fingerprint density at radius 3 is 2.14 bits per heavy atom. The molecule has 1 nitrogen and oxygen atoms in total. The zero-order valence-electron chi connectivity index (χ0n) is 4.44. The summed E-state index contributed by atoms with van der Waals surface area (Å²) in [4.78, 5) is 0.